The van der Waals surface area contributed by atoms with E-state index in [1.807, 2.05) is 32.6 Å². The van der Waals surface area contributed by atoms with Gasteiger partial charge in [-0.15, -0.1) is 0 Å². The summed E-state index contributed by atoms with van der Waals surface area (Å²) in [7, 11) is 3.71. The van der Waals surface area contributed by atoms with Crippen molar-refractivity contribution in [3.8, 4) is 0 Å². The smallest absolute Gasteiger partial charge is 0.171 e. The second-order valence-corrected chi connectivity index (χ2v) is 6.93. The number of nitrogens with zero attached hydrogens (tertiary/aromatic N) is 4. The molecule has 138 valence electrons. The van der Waals surface area contributed by atoms with Crippen molar-refractivity contribution in [1.82, 2.24) is 9.80 Å². The molecule has 7 nitrogen and oxygen atoms in total. The van der Waals surface area contributed by atoms with E-state index >= 15 is 0 Å². The molecule has 2 heterocycles. The Labute approximate surface area is 153 Å². The molecule has 7 heteroatoms. The summed E-state index contributed by atoms with van der Waals surface area (Å²) in [6, 6.07) is 0. The lowest BCUT2D eigenvalue weighted by atomic mass is 9.88. The fourth-order valence-corrected chi connectivity index (χ4v) is 3.53. The van der Waals surface area contributed by atoms with Crippen LogP contribution in [0.2, 0.25) is 0 Å². The third-order valence-electron chi connectivity index (χ3n) is 5.12. The average molecular weight is 356 g/mol. The molecule has 1 aliphatic carbocycles. The number of allylic oxidation sites excluding steroid dienone is 2. The Kier molecular flexibility index (Phi) is 4.93. The molecule has 0 aromatic carbocycles. The van der Waals surface area contributed by atoms with Crippen LogP contribution in [-0.2, 0) is 4.79 Å². The Morgan fingerprint density at radius 1 is 0.962 bits per heavy atom. The number of Topliss-reactive ketones (excluding diaryl/α,β-unsaturated/α-hetero) is 1. The lowest BCUT2D eigenvalue weighted by Gasteiger charge is -2.23. The maximum atomic E-state index is 12.7. The molecule has 0 bridgehead atoms. The normalized spacial score (nSPS) is 34.8. The van der Waals surface area contributed by atoms with Crippen molar-refractivity contribution in [3.63, 3.8) is 0 Å². The van der Waals surface area contributed by atoms with Gasteiger partial charge in [0, 0.05) is 32.4 Å². The molecule has 4 unspecified atom stereocenters. The average Bonchev–Trinajstić information content (AvgIpc) is 2.84. The Bertz CT molecular complexity index is 759. The van der Waals surface area contributed by atoms with Gasteiger partial charge in [-0.05, 0) is 37.1 Å². The summed E-state index contributed by atoms with van der Waals surface area (Å²) in [4.78, 5) is 24.9. The van der Waals surface area contributed by atoms with Gasteiger partial charge in [-0.3, -0.25) is 4.79 Å². The molecule has 0 radical (unpaired) electrons. The number of hydrogen-bond donors (Lipinski definition) is 2. The summed E-state index contributed by atoms with van der Waals surface area (Å²) >= 11 is 0. The Morgan fingerprint density at radius 3 is 1.92 bits per heavy atom. The number of aliphatic hydroxyl groups excluding tert-OH is 2. The molecule has 1 fully saturated rings. The number of carbonyl (C=O) groups is 1. The van der Waals surface area contributed by atoms with E-state index in [1.165, 1.54) is 0 Å². The quantitative estimate of drug-likeness (QED) is 0.772. The van der Waals surface area contributed by atoms with E-state index < -0.39 is 24.0 Å². The minimum Gasteiger partial charge on any atom is -0.391 e. The minimum atomic E-state index is -1.26. The summed E-state index contributed by atoms with van der Waals surface area (Å²) in [5, 5.41) is 21.4. The standard InChI is InChI=1S/C19H24N4O3/c1-11(13-5-7-22(3)9-20-13)15-17(24)16(19(26)18(15)25)12(2)14-6-8-23(4)10-21-14/h5-10,15-18,24-25H,1-4H3. The van der Waals surface area contributed by atoms with E-state index in [1.54, 1.807) is 42.4 Å². The van der Waals surface area contributed by atoms with Crippen molar-refractivity contribution < 1.29 is 15.0 Å². The highest BCUT2D eigenvalue weighted by Crippen LogP contribution is 2.40. The van der Waals surface area contributed by atoms with Gasteiger partial charge in [-0.25, -0.2) is 9.98 Å². The number of aliphatic hydroxyl groups is 2. The van der Waals surface area contributed by atoms with Crippen LogP contribution in [0.5, 0.6) is 0 Å². The van der Waals surface area contributed by atoms with Crippen LogP contribution in [0.4, 0.5) is 0 Å². The lowest BCUT2D eigenvalue weighted by molar-refractivity contribution is -0.127. The van der Waals surface area contributed by atoms with Crippen molar-refractivity contribution in [2.75, 3.05) is 14.1 Å². The van der Waals surface area contributed by atoms with Crippen LogP contribution in [0.15, 0.2) is 57.1 Å². The maximum absolute atomic E-state index is 12.7. The highest BCUT2D eigenvalue weighted by molar-refractivity contribution is 5.92. The lowest BCUT2D eigenvalue weighted by Crippen LogP contribution is -2.28. The second kappa shape index (κ2) is 7.01. The van der Waals surface area contributed by atoms with Gasteiger partial charge in [-0.1, -0.05) is 0 Å². The fourth-order valence-electron chi connectivity index (χ4n) is 3.53. The highest BCUT2D eigenvalue weighted by atomic mass is 16.3. The topological polar surface area (TPSA) is 88.7 Å². The molecule has 0 amide bonds. The van der Waals surface area contributed by atoms with Crippen molar-refractivity contribution in [2.24, 2.45) is 21.8 Å². The van der Waals surface area contributed by atoms with Crippen molar-refractivity contribution >= 4 is 18.5 Å². The van der Waals surface area contributed by atoms with Crippen LogP contribution >= 0.6 is 0 Å². The Balaban J connectivity index is 1.94. The van der Waals surface area contributed by atoms with Gasteiger partial charge in [0.1, 0.15) is 6.10 Å². The third kappa shape index (κ3) is 3.15. The molecule has 2 N–H and O–H groups in total. The van der Waals surface area contributed by atoms with Gasteiger partial charge < -0.3 is 20.0 Å². The first-order valence-corrected chi connectivity index (χ1v) is 8.51. The van der Waals surface area contributed by atoms with Crippen LogP contribution in [0.3, 0.4) is 0 Å². The zero-order valence-corrected chi connectivity index (χ0v) is 15.4. The molecular formula is C19H24N4O3. The van der Waals surface area contributed by atoms with E-state index in [-0.39, 0.29) is 5.78 Å². The molecule has 3 rings (SSSR count). The first-order valence-electron chi connectivity index (χ1n) is 8.51. The number of carbonyl (C=O) groups excluding carboxylic acids is 1. The predicted molar refractivity (Wildman–Crippen MR) is 100 cm³/mol. The summed E-state index contributed by atoms with van der Waals surface area (Å²) in [5.74, 6) is -1.86. The van der Waals surface area contributed by atoms with E-state index in [9.17, 15) is 15.0 Å². The monoisotopic (exact) mass is 356 g/mol. The molecule has 1 saturated carbocycles. The fraction of sp³-hybridized carbons (Fsp3) is 0.421. The van der Waals surface area contributed by atoms with Crippen molar-refractivity contribution in [2.45, 2.75) is 26.1 Å². The Hall–Kier alpha value is -2.51. The first kappa shape index (κ1) is 18.3. The molecule has 2 aliphatic heterocycles. The SMILES string of the molecule is CC(=C1C=CN(C)C=N1)C1C(=O)C(O)C(C(C)=C2C=CN(C)C=N2)C1O. The van der Waals surface area contributed by atoms with E-state index in [0.717, 1.165) is 0 Å². The van der Waals surface area contributed by atoms with Gasteiger partial charge in [0.25, 0.3) is 0 Å². The molecular weight excluding hydrogens is 332 g/mol. The van der Waals surface area contributed by atoms with Gasteiger partial charge >= 0.3 is 0 Å². The zero-order chi connectivity index (χ0) is 19.0. The molecule has 0 aromatic heterocycles. The largest absolute Gasteiger partial charge is 0.391 e. The van der Waals surface area contributed by atoms with Gasteiger partial charge in [-0.2, -0.15) is 0 Å². The number of rotatable bonds is 2. The second-order valence-electron chi connectivity index (χ2n) is 6.93. The summed E-state index contributed by atoms with van der Waals surface area (Å²) in [5.41, 5.74) is 2.64. The third-order valence-corrected chi connectivity index (χ3v) is 5.12. The van der Waals surface area contributed by atoms with Crippen LogP contribution in [-0.4, -0.2) is 64.8 Å². The van der Waals surface area contributed by atoms with E-state index in [0.29, 0.717) is 22.5 Å². The summed E-state index contributed by atoms with van der Waals surface area (Å²) in [6.07, 6.45) is 8.28. The van der Waals surface area contributed by atoms with Crippen LogP contribution in [0.1, 0.15) is 13.8 Å². The van der Waals surface area contributed by atoms with Gasteiger partial charge in [0.15, 0.2) is 5.78 Å². The van der Waals surface area contributed by atoms with E-state index in [4.69, 9.17) is 0 Å². The van der Waals surface area contributed by atoms with Gasteiger partial charge in [0.05, 0.1) is 36.1 Å². The van der Waals surface area contributed by atoms with Crippen molar-refractivity contribution in [3.05, 3.63) is 47.1 Å². The van der Waals surface area contributed by atoms with Crippen LogP contribution in [0.25, 0.3) is 0 Å². The number of aliphatic imine (C=N–C) groups is 2. The maximum Gasteiger partial charge on any atom is 0.171 e. The Morgan fingerprint density at radius 2 is 1.46 bits per heavy atom. The number of ketones is 1. The van der Waals surface area contributed by atoms with Crippen LogP contribution in [0, 0.1) is 11.8 Å². The first-order chi connectivity index (χ1) is 12.3. The van der Waals surface area contributed by atoms with Gasteiger partial charge in [0.2, 0.25) is 0 Å². The molecule has 0 saturated heterocycles. The molecule has 26 heavy (non-hydrogen) atoms. The highest BCUT2D eigenvalue weighted by Gasteiger charge is 2.50. The molecule has 0 aromatic rings. The predicted octanol–water partition coefficient (Wildman–Crippen LogP) is 1.05. The molecule has 4 atom stereocenters. The van der Waals surface area contributed by atoms with E-state index in [2.05, 4.69) is 9.98 Å². The zero-order valence-electron chi connectivity index (χ0n) is 15.4. The minimum absolute atomic E-state index is 0.379. The molecule has 0 spiro atoms. The summed E-state index contributed by atoms with van der Waals surface area (Å²) in [6.45, 7) is 3.57. The van der Waals surface area contributed by atoms with Crippen molar-refractivity contribution in [1.29, 1.82) is 0 Å². The number of hydrogen-bond acceptors (Lipinski definition) is 7. The molecule has 3 aliphatic rings. The summed E-state index contributed by atoms with van der Waals surface area (Å²) < 4.78 is 0. The van der Waals surface area contributed by atoms with Crippen LogP contribution < -0.4 is 0 Å².